The van der Waals surface area contributed by atoms with E-state index in [-0.39, 0.29) is 11.5 Å². The summed E-state index contributed by atoms with van der Waals surface area (Å²) in [5.41, 5.74) is 0.0377. The minimum atomic E-state index is -1.03. The molecule has 1 amide bonds. The monoisotopic (exact) mass is 259 g/mol. The van der Waals surface area contributed by atoms with Crippen molar-refractivity contribution in [2.45, 2.75) is 66.0 Å². The Kier molecular flexibility index (Phi) is 6.73. The van der Waals surface area contributed by atoms with E-state index in [2.05, 4.69) is 5.32 Å². The van der Waals surface area contributed by atoms with E-state index in [0.717, 1.165) is 0 Å². The van der Waals surface area contributed by atoms with E-state index < -0.39 is 18.1 Å². The molecule has 0 saturated carbocycles. The van der Waals surface area contributed by atoms with Crippen LogP contribution in [-0.4, -0.2) is 29.3 Å². The van der Waals surface area contributed by atoms with Crippen molar-refractivity contribution in [2.24, 2.45) is 5.41 Å². The lowest BCUT2D eigenvalue weighted by Crippen LogP contribution is -2.42. The van der Waals surface area contributed by atoms with Gasteiger partial charge in [-0.05, 0) is 31.6 Å². The first-order valence-electron chi connectivity index (χ1n) is 6.35. The van der Waals surface area contributed by atoms with Crippen molar-refractivity contribution < 1.29 is 19.4 Å². The van der Waals surface area contributed by atoms with Crippen molar-refractivity contribution >= 4 is 12.1 Å². The number of carbonyl (C=O) groups is 2. The number of nitrogens with one attached hydrogen (secondary N) is 1. The lowest BCUT2D eigenvalue weighted by atomic mass is 9.89. The summed E-state index contributed by atoms with van der Waals surface area (Å²) in [5, 5.41) is 11.4. The van der Waals surface area contributed by atoms with Crippen molar-refractivity contribution in [1.82, 2.24) is 5.32 Å². The van der Waals surface area contributed by atoms with Gasteiger partial charge < -0.3 is 15.2 Å². The molecule has 0 aliphatic carbocycles. The smallest absolute Gasteiger partial charge is 0.408 e. The maximum atomic E-state index is 11.5. The molecule has 5 nitrogen and oxygen atoms in total. The molecule has 0 radical (unpaired) electrons. The van der Waals surface area contributed by atoms with Crippen LogP contribution in [0.1, 0.15) is 53.9 Å². The van der Waals surface area contributed by atoms with E-state index in [9.17, 15) is 9.59 Å². The van der Waals surface area contributed by atoms with Crippen molar-refractivity contribution in [3.63, 3.8) is 0 Å². The number of ether oxygens (including phenoxy) is 1. The van der Waals surface area contributed by atoms with Gasteiger partial charge in [-0.1, -0.05) is 27.7 Å². The summed E-state index contributed by atoms with van der Waals surface area (Å²) in [6.45, 7) is 9.76. The highest BCUT2D eigenvalue weighted by molar-refractivity contribution is 5.79. The summed E-state index contributed by atoms with van der Waals surface area (Å²) in [4.78, 5) is 22.5. The zero-order valence-electron chi connectivity index (χ0n) is 11.9. The Hall–Kier alpha value is -1.26. The van der Waals surface area contributed by atoms with Gasteiger partial charge in [-0.3, -0.25) is 0 Å². The Morgan fingerprint density at radius 3 is 2.28 bits per heavy atom. The van der Waals surface area contributed by atoms with Gasteiger partial charge in [-0.25, -0.2) is 9.59 Å². The third kappa shape index (κ3) is 7.92. The van der Waals surface area contributed by atoms with Gasteiger partial charge in [0.2, 0.25) is 0 Å². The Bertz CT molecular complexity index is 283. The van der Waals surface area contributed by atoms with Gasteiger partial charge in [-0.2, -0.15) is 0 Å². The molecule has 0 aliphatic heterocycles. The molecule has 0 saturated heterocycles. The molecule has 0 aromatic heterocycles. The average Bonchev–Trinajstić information content (AvgIpc) is 2.22. The van der Waals surface area contributed by atoms with Crippen LogP contribution in [0.4, 0.5) is 4.79 Å². The zero-order valence-corrected chi connectivity index (χ0v) is 11.9. The number of hydrogen-bond donors (Lipinski definition) is 2. The predicted octanol–water partition coefficient (Wildman–Crippen LogP) is 2.79. The standard InChI is InChI=1S/C13H25NO4/c1-6-9(2)18-12(17)14-10(11(15)16)7-8-13(3,4)5/h9-10H,6-8H2,1-5H3,(H,14,17)(H,15,16). The van der Waals surface area contributed by atoms with Crippen LogP contribution in [0.3, 0.4) is 0 Å². The molecule has 2 N–H and O–H groups in total. The lowest BCUT2D eigenvalue weighted by molar-refractivity contribution is -0.139. The number of rotatable bonds is 6. The van der Waals surface area contributed by atoms with E-state index in [0.29, 0.717) is 19.3 Å². The average molecular weight is 259 g/mol. The fourth-order valence-electron chi connectivity index (χ4n) is 1.28. The van der Waals surface area contributed by atoms with E-state index in [1.54, 1.807) is 6.92 Å². The second kappa shape index (κ2) is 7.24. The quantitative estimate of drug-likeness (QED) is 0.769. The first kappa shape index (κ1) is 16.7. The third-order valence-corrected chi connectivity index (χ3v) is 2.66. The number of aliphatic carboxylic acids is 1. The van der Waals surface area contributed by atoms with Gasteiger partial charge in [-0.15, -0.1) is 0 Å². The molecule has 0 bridgehead atoms. The molecule has 2 atom stereocenters. The Morgan fingerprint density at radius 1 is 1.33 bits per heavy atom. The van der Waals surface area contributed by atoms with Crippen LogP contribution in [0.25, 0.3) is 0 Å². The highest BCUT2D eigenvalue weighted by atomic mass is 16.6. The number of carboxylic acids is 1. The van der Waals surface area contributed by atoms with Gasteiger partial charge in [0.1, 0.15) is 12.1 Å². The van der Waals surface area contributed by atoms with Crippen LogP contribution >= 0.6 is 0 Å². The van der Waals surface area contributed by atoms with Crippen molar-refractivity contribution in [2.75, 3.05) is 0 Å². The van der Waals surface area contributed by atoms with Crippen LogP contribution in [0.15, 0.2) is 0 Å². The topological polar surface area (TPSA) is 75.6 Å². The fraction of sp³-hybridized carbons (Fsp3) is 0.846. The molecule has 0 aromatic rings. The van der Waals surface area contributed by atoms with Gasteiger partial charge in [0.05, 0.1) is 0 Å². The first-order valence-corrected chi connectivity index (χ1v) is 6.35. The second-order valence-corrected chi connectivity index (χ2v) is 5.76. The lowest BCUT2D eigenvalue weighted by Gasteiger charge is -2.22. The van der Waals surface area contributed by atoms with Crippen LogP contribution in [0.5, 0.6) is 0 Å². The number of hydrogen-bond acceptors (Lipinski definition) is 3. The molecular formula is C13H25NO4. The number of amides is 1. The molecule has 0 fully saturated rings. The molecule has 106 valence electrons. The molecule has 0 rings (SSSR count). The van der Waals surface area contributed by atoms with Crippen LogP contribution in [0.2, 0.25) is 0 Å². The highest BCUT2D eigenvalue weighted by Crippen LogP contribution is 2.21. The number of carbonyl (C=O) groups excluding carboxylic acids is 1. The van der Waals surface area contributed by atoms with Gasteiger partial charge in [0.25, 0.3) is 0 Å². The SMILES string of the molecule is CCC(C)OC(=O)NC(CCC(C)(C)C)C(=O)O. The zero-order chi connectivity index (χ0) is 14.3. The number of alkyl carbamates (subject to hydrolysis) is 1. The predicted molar refractivity (Wildman–Crippen MR) is 69.5 cm³/mol. The third-order valence-electron chi connectivity index (χ3n) is 2.66. The molecule has 0 heterocycles. The molecule has 0 aliphatic rings. The molecular weight excluding hydrogens is 234 g/mol. The molecule has 0 spiro atoms. The summed E-state index contributed by atoms with van der Waals surface area (Å²) in [6.07, 6.45) is 0.947. The molecule has 5 heteroatoms. The van der Waals surface area contributed by atoms with Crippen molar-refractivity contribution in [1.29, 1.82) is 0 Å². The second-order valence-electron chi connectivity index (χ2n) is 5.76. The van der Waals surface area contributed by atoms with Crippen LogP contribution < -0.4 is 5.32 Å². The van der Waals surface area contributed by atoms with E-state index in [4.69, 9.17) is 9.84 Å². The fourth-order valence-corrected chi connectivity index (χ4v) is 1.28. The molecule has 18 heavy (non-hydrogen) atoms. The first-order chi connectivity index (χ1) is 8.15. The summed E-state index contributed by atoms with van der Waals surface area (Å²) < 4.78 is 5.00. The summed E-state index contributed by atoms with van der Waals surface area (Å²) in [6, 6.07) is -0.888. The number of carboxylic acid groups (broad SMARTS) is 1. The van der Waals surface area contributed by atoms with Gasteiger partial charge in [0.15, 0.2) is 0 Å². The minimum Gasteiger partial charge on any atom is -0.480 e. The summed E-state index contributed by atoms with van der Waals surface area (Å²) in [7, 11) is 0. The Morgan fingerprint density at radius 2 is 1.89 bits per heavy atom. The van der Waals surface area contributed by atoms with E-state index in [1.165, 1.54) is 0 Å². The largest absolute Gasteiger partial charge is 0.480 e. The summed E-state index contributed by atoms with van der Waals surface area (Å²) in [5.74, 6) is -1.03. The van der Waals surface area contributed by atoms with E-state index in [1.807, 2.05) is 27.7 Å². The maximum absolute atomic E-state index is 11.5. The van der Waals surface area contributed by atoms with Crippen molar-refractivity contribution in [3.05, 3.63) is 0 Å². The highest BCUT2D eigenvalue weighted by Gasteiger charge is 2.23. The Labute approximate surface area is 109 Å². The Balaban J connectivity index is 4.28. The minimum absolute atomic E-state index is 0.0377. The summed E-state index contributed by atoms with van der Waals surface area (Å²) >= 11 is 0. The van der Waals surface area contributed by atoms with E-state index >= 15 is 0 Å². The molecule has 0 aromatic carbocycles. The van der Waals surface area contributed by atoms with Gasteiger partial charge in [0, 0.05) is 0 Å². The maximum Gasteiger partial charge on any atom is 0.408 e. The van der Waals surface area contributed by atoms with Gasteiger partial charge >= 0.3 is 12.1 Å². The van der Waals surface area contributed by atoms with Crippen LogP contribution in [-0.2, 0) is 9.53 Å². The van der Waals surface area contributed by atoms with Crippen molar-refractivity contribution in [3.8, 4) is 0 Å². The van der Waals surface area contributed by atoms with Crippen LogP contribution in [0, 0.1) is 5.41 Å². The normalized spacial score (nSPS) is 14.7. The molecule has 2 unspecified atom stereocenters.